The Morgan fingerprint density at radius 3 is 2.71 bits per heavy atom. The highest BCUT2D eigenvalue weighted by Gasteiger charge is 2.14. The molecule has 21 heavy (non-hydrogen) atoms. The predicted molar refractivity (Wildman–Crippen MR) is 86.9 cm³/mol. The van der Waals surface area contributed by atoms with E-state index in [1.54, 1.807) is 12.1 Å². The summed E-state index contributed by atoms with van der Waals surface area (Å²) in [7, 11) is 0. The van der Waals surface area contributed by atoms with Crippen LogP contribution in [0.15, 0.2) is 36.4 Å². The van der Waals surface area contributed by atoms with Crippen LogP contribution in [0.3, 0.4) is 0 Å². The molecule has 1 aromatic heterocycles. The van der Waals surface area contributed by atoms with Gasteiger partial charge in [-0.1, -0.05) is 18.5 Å². The fourth-order valence-corrected chi connectivity index (χ4v) is 2.82. The van der Waals surface area contributed by atoms with Crippen molar-refractivity contribution < 1.29 is 5.11 Å². The summed E-state index contributed by atoms with van der Waals surface area (Å²) in [5, 5.41) is 10.3. The normalized spacial score (nSPS) is 11.2. The van der Waals surface area contributed by atoms with E-state index >= 15 is 0 Å². The summed E-state index contributed by atoms with van der Waals surface area (Å²) in [5.41, 5.74) is 4.03. The summed E-state index contributed by atoms with van der Waals surface area (Å²) < 4.78 is 2.21. The van der Waals surface area contributed by atoms with E-state index in [4.69, 9.17) is 16.6 Å². The zero-order valence-corrected chi connectivity index (χ0v) is 12.9. The van der Waals surface area contributed by atoms with Gasteiger partial charge in [-0.3, -0.25) is 0 Å². The van der Waals surface area contributed by atoms with E-state index in [0.29, 0.717) is 5.02 Å². The number of aromatic hydroxyl groups is 1. The number of halogens is 1. The highest BCUT2D eigenvalue weighted by Crippen LogP contribution is 2.30. The number of aryl methyl sites for hydroxylation is 2. The first-order valence-electron chi connectivity index (χ1n) is 7.06. The van der Waals surface area contributed by atoms with Gasteiger partial charge in [0.2, 0.25) is 0 Å². The maximum absolute atomic E-state index is 9.59. The molecule has 0 saturated heterocycles. The number of phenols is 1. The molecule has 0 aliphatic carbocycles. The molecule has 1 heterocycles. The molecular weight excluding hydrogens is 284 g/mol. The number of hydrogen-bond donors (Lipinski definition) is 1. The fourth-order valence-electron chi connectivity index (χ4n) is 2.66. The molecule has 0 atom stereocenters. The van der Waals surface area contributed by atoms with Crippen LogP contribution in [0.1, 0.15) is 18.9 Å². The lowest BCUT2D eigenvalue weighted by Gasteiger charge is -2.10. The van der Waals surface area contributed by atoms with Gasteiger partial charge in [-0.2, -0.15) is 0 Å². The molecular formula is C17H17ClN2O. The molecule has 3 nitrogen and oxygen atoms in total. The quantitative estimate of drug-likeness (QED) is 0.756. The Labute approximate surface area is 128 Å². The minimum absolute atomic E-state index is 0.275. The molecule has 0 saturated carbocycles. The van der Waals surface area contributed by atoms with Gasteiger partial charge in [-0.05, 0) is 55.3 Å². The second-order valence-corrected chi connectivity index (χ2v) is 5.66. The minimum atomic E-state index is 0.275. The molecule has 2 aromatic carbocycles. The number of nitrogens with zero attached hydrogens (tertiary/aromatic N) is 2. The van der Waals surface area contributed by atoms with Gasteiger partial charge >= 0.3 is 0 Å². The van der Waals surface area contributed by atoms with E-state index in [1.807, 2.05) is 31.2 Å². The fraction of sp³-hybridized carbons (Fsp3) is 0.235. The maximum atomic E-state index is 9.59. The van der Waals surface area contributed by atoms with Crippen LogP contribution in [0.5, 0.6) is 5.75 Å². The van der Waals surface area contributed by atoms with Gasteiger partial charge in [-0.25, -0.2) is 4.98 Å². The predicted octanol–water partition coefficient (Wildman–Crippen LogP) is 4.78. The molecule has 0 fully saturated rings. The van der Waals surface area contributed by atoms with E-state index in [9.17, 15) is 5.11 Å². The zero-order chi connectivity index (χ0) is 15.0. The van der Waals surface area contributed by atoms with Crippen LogP contribution >= 0.6 is 11.6 Å². The van der Waals surface area contributed by atoms with Crippen molar-refractivity contribution in [3.63, 3.8) is 0 Å². The van der Waals surface area contributed by atoms with Crippen LogP contribution < -0.4 is 0 Å². The minimum Gasteiger partial charge on any atom is -0.508 e. The van der Waals surface area contributed by atoms with Crippen molar-refractivity contribution in [1.82, 2.24) is 9.55 Å². The average Bonchev–Trinajstić information content (AvgIpc) is 2.77. The van der Waals surface area contributed by atoms with Crippen molar-refractivity contribution >= 4 is 22.6 Å². The smallest absolute Gasteiger partial charge is 0.141 e. The molecule has 0 radical (unpaired) electrons. The zero-order valence-electron chi connectivity index (χ0n) is 12.1. The first-order valence-corrected chi connectivity index (χ1v) is 7.43. The average molecular weight is 301 g/mol. The van der Waals surface area contributed by atoms with Gasteiger partial charge in [0.25, 0.3) is 0 Å². The van der Waals surface area contributed by atoms with Gasteiger partial charge < -0.3 is 9.67 Å². The summed E-state index contributed by atoms with van der Waals surface area (Å²) in [6, 6.07) is 11.2. The van der Waals surface area contributed by atoms with E-state index in [-0.39, 0.29) is 5.75 Å². The Kier molecular flexibility index (Phi) is 3.60. The van der Waals surface area contributed by atoms with Crippen LogP contribution in [-0.4, -0.2) is 14.7 Å². The Morgan fingerprint density at radius 2 is 2.00 bits per heavy atom. The first kappa shape index (κ1) is 14.0. The molecule has 0 unspecified atom stereocenters. The third-order valence-corrected chi connectivity index (χ3v) is 3.84. The van der Waals surface area contributed by atoms with Crippen LogP contribution in [0.2, 0.25) is 5.02 Å². The third-order valence-electron chi connectivity index (χ3n) is 3.61. The van der Waals surface area contributed by atoms with Crippen LogP contribution in [0.4, 0.5) is 0 Å². The van der Waals surface area contributed by atoms with Crippen molar-refractivity contribution in [2.24, 2.45) is 0 Å². The SMILES string of the molecule is CCCn1c(-c2ccc(O)cc2C)nc2cc(Cl)ccc21. The van der Waals surface area contributed by atoms with Crippen LogP contribution in [0.25, 0.3) is 22.4 Å². The number of imidazole rings is 1. The third kappa shape index (κ3) is 2.49. The molecule has 3 aromatic rings. The highest BCUT2D eigenvalue weighted by atomic mass is 35.5. The number of aromatic nitrogens is 2. The second-order valence-electron chi connectivity index (χ2n) is 5.22. The maximum Gasteiger partial charge on any atom is 0.141 e. The molecule has 0 aliphatic rings. The lowest BCUT2D eigenvalue weighted by molar-refractivity contribution is 0.475. The van der Waals surface area contributed by atoms with E-state index in [1.165, 1.54) is 0 Å². The van der Waals surface area contributed by atoms with Crippen LogP contribution in [0, 0.1) is 6.92 Å². The summed E-state index contributed by atoms with van der Waals surface area (Å²) in [6.45, 7) is 5.03. The van der Waals surface area contributed by atoms with Crippen molar-refractivity contribution in [2.45, 2.75) is 26.8 Å². The molecule has 4 heteroatoms. The van der Waals surface area contributed by atoms with Crippen molar-refractivity contribution in [1.29, 1.82) is 0 Å². The van der Waals surface area contributed by atoms with Gasteiger partial charge in [0.1, 0.15) is 11.6 Å². The van der Waals surface area contributed by atoms with Gasteiger partial charge in [0.15, 0.2) is 0 Å². The van der Waals surface area contributed by atoms with Gasteiger partial charge in [-0.15, -0.1) is 0 Å². The van der Waals surface area contributed by atoms with Crippen molar-refractivity contribution in [2.75, 3.05) is 0 Å². The number of hydrogen-bond acceptors (Lipinski definition) is 2. The molecule has 0 aliphatic heterocycles. The Morgan fingerprint density at radius 1 is 1.19 bits per heavy atom. The second kappa shape index (κ2) is 5.41. The molecule has 0 amide bonds. The van der Waals surface area contributed by atoms with Crippen LogP contribution in [-0.2, 0) is 6.54 Å². The van der Waals surface area contributed by atoms with Gasteiger partial charge in [0.05, 0.1) is 11.0 Å². The van der Waals surface area contributed by atoms with E-state index in [0.717, 1.165) is 41.0 Å². The molecule has 1 N–H and O–H groups in total. The molecule has 0 bridgehead atoms. The standard InChI is InChI=1S/C17H17ClN2O/c1-3-8-20-16-7-4-12(18)10-15(16)19-17(20)14-6-5-13(21)9-11(14)2/h4-7,9-10,21H,3,8H2,1-2H3. The monoisotopic (exact) mass is 300 g/mol. The molecule has 0 spiro atoms. The van der Waals surface area contributed by atoms with Crippen molar-refractivity contribution in [3.8, 4) is 17.1 Å². The topological polar surface area (TPSA) is 38.0 Å². The lowest BCUT2D eigenvalue weighted by Crippen LogP contribution is -2.00. The Balaban J connectivity index is 2.27. The Hall–Kier alpha value is -2.00. The summed E-state index contributed by atoms with van der Waals surface area (Å²) >= 11 is 6.07. The Bertz CT molecular complexity index is 808. The molecule has 3 rings (SSSR count). The largest absolute Gasteiger partial charge is 0.508 e. The van der Waals surface area contributed by atoms with E-state index in [2.05, 4.69) is 11.5 Å². The first-order chi connectivity index (χ1) is 10.1. The number of rotatable bonds is 3. The summed E-state index contributed by atoms with van der Waals surface area (Å²) in [4.78, 5) is 4.75. The number of fused-ring (bicyclic) bond motifs is 1. The highest BCUT2D eigenvalue weighted by molar-refractivity contribution is 6.31. The molecule has 108 valence electrons. The van der Waals surface area contributed by atoms with E-state index < -0.39 is 0 Å². The summed E-state index contributed by atoms with van der Waals surface area (Å²) in [5.74, 6) is 1.20. The van der Waals surface area contributed by atoms with Gasteiger partial charge in [0, 0.05) is 17.1 Å². The number of phenolic OH excluding ortho intramolecular Hbond substituents is 1. The summed E-state index contributed by atoms with van der Waals surface area (Å²) in [6.07, 6.45) is 1.03. The lowest BCUT2D eigenvalue weighted by atomic mass is 10.1. The van der Waals surface area contributed by atoms with Crippen molar-refractivity contribution in [3.05, 3.63) is 47.0 Å². The number of benzene rings is 2.